The monoisotopic (exact) mass is 794 g/mol. The molecule has 7 aromatic carbocycles. The zero-order valence-corrected chi connectivity index (χ0v) is 27.9. The van der Waals surface area contributed by atoms with Crippen molar-refractivity contribution in [3.8, 4) is 34.5 Å². The van der Waals surface area contributed by atoms with Crippen molar-refractivity contribution in [3.05, 3.63) is 91.9 Å². The highest BCUT2D eigenvalue weighted by Crippen LogP contribution is 2.51. The van der Waals surface area contributed by atoms with Gasteiger partial charge in [0.15, 0.2) is 34.5 Å². The molecule has 50 heavy (non-hydrogen) atoms. The highest BCUT2D eigenvalue weighted by molar-refractivity contribution is 9.11. The van der Waals surface area contributed by atoms with E-state index in [2.05, 4.69) is 31.9 Å². The van der Waals surface area contributed by atoms with Crippen molar-refractivity contribution in [1.29, 1.82) is 0 Å². The summed E-state index contributed by atoms with van der Waals surface area (Å²) in [5, 5.41) is 64.5. The molecule has 0 atom stereocenters. The summed E-state index contributed by atoms with van der Waals surface area (Å²) in [6, 6.07) is 13.6. The predicted molar refractivity (Wildman–Crippen MR) is 188 cm³/mol. The van der Waals surface area contributed by atoms with E-state index in [4.69, 9.17) is 0 Å². The number of anilines is 2. The van der Waals surface area contributed by atoms with Crippen LogP contribution in [-0.2, 0) is 0 Å². The van der Waals surface area contributed by atoms with Gasteiger partial charge in [-0.25, -0.2) is 9.80 Å². The minimum absolute atomic E-state index is 0.144. The predicted octanol–water partition coefficient (Wildman–Crippen LogP) is 7.10. The van der Waals surface area contributed by atoms with E-state index in [9.17, 15) is 49.8 Å². The highest BCUT2D eigenvalue weighted by atomic mass is 79.9. The van der Waals surface area contributed by atoms with E-state index >= 15 is 0 Å². The fourth-order valence-corrected chi connectivity index (χ4v) is 8.56. The molecule has 0 unspecified atom stereocenters. The number of carbonyl (C=O) groups excluding carboxylic acids is 4. The van der Waals surface area contributed by atoms with Crippen LogP contribution in [0.1, 0.15) is 41.4 Å². The van der Waals surface area contributed by atoms with E-state index in [1.165, 1.54) is 0 Å². The number of fused-ring (bicyclic) bond motifs is 2. The normalized spacial score (nSPS) is 14.4. The third-order valence-corrected chi connectivity index (χ3v) is 10.6. The Hall–Kier alpha value is -6.12. The first-order valence-corrected chi connectivity index (χ1v) is 16.2. The molecule has 0 aromatic heterocycles. The lowest BCUT2D eigenvalue weighted by Gasteiger charge is -2.31. The summed E-state index contributed by atoms with van der Waals surface area (Å²) in [6.07, 6.45) is 0. The molecule has 4 amide bonds. The molecule has 0 saturated heterocycles. The number of amides is 4. The minimum Gasteiger partial charge on any atom is -0.504 e. The Labute approximate surface area is 294 Å². The zero-order valence-electron chi connectivity index (χ0n) is 24.7. The Morgan fingerprint density at radius 3 is 1.06 bits per heavy atom. The van der Waals surface area contributed by atoms with Crippen LogP contribution in [0.3, 0.4) is 0 Å². The molecule has 0 saturated carbocycles. The average Bonchev–Trinajstić information content (AvgIpc) is 3.07. The number of phenolic OH excluding ortho intramolecular Hbond substituents is 6. The lowest BCUT2D eigenvalue weighted by Crippen LogP contribution is -2.40. The summed E-state index contributed by atoms with van der Waals surface area (Å²) in [7, 11) is 0. The van der Waals surface area contributed by atoms with Crippen molar-refractivity contribution >= 4 is 110 Å². The Morgan fingerprint density at radius 2 is 0.720 bits per heavy atom. The van der Waals surface area contributed by atoms with Gasteiger partial charge in [-0.3, -0.25) is 19.2 Å². The molecule has 2 heterocycles. The van der Waals surface area contributed by atoms with Gasteiger partial charge in [-0.2, -0.15) is 0 Å². The van der Waals surface area contributed by atoms with Gasteiger partial charge in [-0.15, -0.1) is 0 Å². The second kappa shape index (κ2) is 9.74. The molecule has 2 aliphatic heterocycles. The van der Waals surface area contributed by atoms with Crippen molar-refractivity contribution in [1.82, 2.24) is 0 Å². The van der Waals surface area contributed by atoms with Crippen LogP contribution in [0.4, 0.5) is 11.4 Å². The largest absolute Gasteiger partial charge is 0.504 e. The Kier molecular flexibility index (Phi) is 5.84. The van der Waals surface area contributed by atoms with Crippen LogP contribution < -0.4 is 9.80 Å². The molecule has 14 heteroatoms. The van der Waals surface area contributed by atoms with E-state index in [0.717, 1.165) is 34.1 Å². The second-order valence-electron chi connectivity index (χ2n) is 11.9. The Balaban J connectivity index is 1.33. The van der Waals surface area contributed by atoms with Crippen LogP contribution >= 0.6 is 31.9 Å². The van der Waals surface area contributed by atoms with Crippen molar-refractivity contribution in [2.45, 2.75) is 0 Å². The van der Waals surface area contributed by atoms with E-state index in [-0.39, 0.29) is 33.6 Å². The molecular formula is C36H16Br2N2O10. The minimum atomic E-state index is -0.799. The van der Waals surface area contributed by atoms with E-state index < -0.39 is 58.1 Å². The van der Waals surface area contributed by atoms with E-state index in [0.29, 0.717) is 52.0 Å². The number of rotatable bonds is 2. The highest BCUT2D eigenvalue weighted by Gasteiger charge is 2.39. The van der Waals surface area contributed by atoms with Crippen molar-refractivity contribution in [2.24, 2.45) is 0 Å². The first kappa shape index (κ1) is 30.0. The van der Waals surface area contributed by atoms with Crippen LogP contribution in [-0.4, -0.2) is 54.3 Å². The maximum Gasteiger partial charge on any atom is 0.266 e. The van der Waals surface area contributed by atoms with Gasteiger partial charge < -0.3 is 30.6 Å². The maximum absolute atomic E-state index is 14.0. The summed E-state index contributed by atoms with van der Waals surface area (Å²) in [6.45, 7) is 0. The summed E-state index contributed by atoms with van der Waals surface area (Å²) in [5.74, 6) is -7.44. The molecule has 7 aromatic rings. The van der Waals surface area contributed by atoms with E-state index in [1.54, 1.807) is 36.4 Å². The standard InChI is InChI=1S/C36H16Br2N2O10/c37-19-9-18-26-16(34(48)40(36(18)50)12-7-23(43)32(46)24(44)8-12)4-2-14-28-20(38)10-17-25-15(3-1-13(29(25)28)27(19)30(14)26)33(47)39(35(17)49)11-5-21(41)31(45)22(42)6-11/h1-10,41-46H. The third kappa shape index (κ3) is 3.58. The molecule has 0 aliphatic carbocycles. The maximum atomic E-state index is 14.0. The van der Waals surface area contributed by atoms with Crippen molar-refractivity contribution in [3.63, 3.8) is 0 Å². The van der Waals surface area contributed by atoms with Gasteiger partial charge in [0.1, 0.15) is 0 Å². The van der Waals surface area contributed by atoms with Crippen molar-refractivity contribution in [2.75, 3.05) is 9.80 Å². The van der Waals surface area contributed by atoms with Gasteiger partial charge in [0.2, 0.25) is 0 Å². The van der Waals surface area contributed by atoms with Crippen LogP contribution in [0.25, 0.3) is 43.1 Å². The third-order valence-electron chi connectivity index (χ3n) is 9.37. The molecule has 2 aliphatic rings. The first-order chi connectivity index (χ1) is 23.8. The number of benzene rings is 7. The van der Waals surface area contributed by atoms with Crippen molar-refractivity contribution < 1.29 is 49.8 Å². The SMILES string of the molecule is O=C1c2ccc3c4c(Br)cc5c6c(ccc(c7c(Br)cc(c2c37)C(=O)N1c1cc(O)c(O)c(O)c1)c64)C(=O)N(c1cc(O)c(O)c(O)c1)C5=O. The average molecular weight is 796 g/mol. The molecule has 0 fully saturated rings. The fourth-order valence-electron chi connectivity index (χ4n) is 7.28. The molecule has 6 N–H and O–H groups in total. The summed E-state index contributed by atoms with van der Waals surface area (Å²) in [4.78, 5) is 57.7. The van der Waals surface area contributed by atoms with Gasteiger partial charge in [-0.05, 0) is 35.0 Å². The summed E-state index contributed by atoms with van der Waals surface area (Å²) < 4.78 is 0.926. The van der Waals surface area contributed by atoms with Gasteiger partial charge in [-0.1, -0.05) is 44.0 Å². The molecule has 244 valence electrons. The number of nitrogens with zero attached hydrogens (tertiary/aromatic N) is 2. The lowest BCUT2D eigenvalue weighted by molar-refractivity contribution is 0.0877. The lowest BCUT2D eigenvalue weighted by atomic mass is 9.82. The Bertz CT molecular complexity index is 2610. The Morgan fingerprint density at radius 1 is 0.400 bits per heavy atom. The van der Waals surface area contributed by atoms with Crippen LogP contribution in [0.2, 0.25) is 0 Å². The number of carbonyl (C=O) groups is 4. The summed E-state index contributed by atoms with van der Waals surface area (Å²) in [5.41, 5.74) is 0.292. The van der Waals surface area contributed by atoms with Crippen LogP contribution in [0, 0.1) is 0 Å². The van der Waals surface area contributed by atoms with Crippen LogP contribution in [0.5, 0.6) is 34.5 Å². The number of hydrogen-bond donors (Lipinski definition) is 6. The molecule has 0 radical (unpaired) electrons. The van der Waals surface area contributed by atoms with Gasteiger partial charge >= 0.3 is 0 Å². The first-order valence-electron chi connectivity index (χ1n) is 14.7. The van der Waals surface area contributed by atoms with E-state index in [1.807, 2.05) is 0 Å². The molecule has 0 spiro atoms. The van der Waals surface area contributed by atoms with Gasteiger partial charge in [0.05, 0.1) is 22.5 Å². The number of hydrogen-bond acceptors (Lipinski definition) is 10. The smallest absolute Gasteiger partial charge is 0.266 e. The summed E-state index contributed by atoms with van der Waals surface area (Å²) >= 11 is 7.27. The number of halogens is 2. The number of imide groups is 2. The van der Waals surface area contributed by atoms with Crippen LogP contribution in [0.15, 0.2) is 69.6 Å². The molecular weight excluding hydrogens is 780 g/mol. The molecule has 12 nitrogen and oxygen atoms in total. The zero-order chi connectivity index (χ0) is 35.2. The second-order valence-corrected chi connectivity index (χ2v) is 13.6. The number of phenols is 6. The molecule has 9 rings (SSSR count). The topological polar surface area (TPSA) is 196 Å². The fraction of sp³-hybridized carbons (Fsp3) is 0. The molecule has 0 bridgehead atoms. The number of aromatic hydroxyl groups is 6. The quantitative estimate of drug-likeness (QED) is 0.0455. The van der Waals surface area contributed by atoms with Gasteiger partial charge in [0, 0.05) is 76.7 Å². The van der Waals surface area contributed by atoms with Gasteiger partial charge in [0.25, 0.3) is 23.6 Å².